The highest BCUT2D eigenvalue weighted by Crippen LogP contribution is 2.32. The number of nitrogens with one attached hydrogen (secondary N) is 1. The molecule has 0 aromatic heterocycles. The Kier molecular flexibility index (Phi) is 4.05. The first-order valence-electron chi connectivity index (χ1n) is 5.01. The second-order valence-electron chi connectivity index (χ2n) is 4.42. The highest BCUT2D eigenvalue weighted by molar-refractivity contribution is 7.97. The van der Waals surface area contributed by atoms with Gasteiger partial charge in [-0.2, -0.15) is 0 Å². The summed E-state index contributed by atoms with van der Waals surface area (Å²) in [6.07, 6.45) is 0. The normalized spacial score (nSPS) is 11.5. The van der Waals surface area contributed by atoms with Crippen molar-refractivity contribution in [3.63, 3.8) is 0 Å². The van der Waals surface area contributed by atoms with Crippen LogP contribution < -0.4 is 9.46 Å². The fraction of sp³-hybridized carbons (Fsp3) is 0.500. The molecule has 0 unspecified atom stereocenters. The molecule has 1 aromatic rings. The molecule has 0 spiro atoms. The van der Waals surface area contributed by atoms with Crippen molar-refractivity contribution in [1.29, 1.82) is 0 Å². The van der Waals surface area contributed by atoms with Crippen LogP contribution in [-0.4, -0.2) is 14.2 Å². The van der Waals surface area contributed by atoms with Crippen LogP contribution in [0.1, 0.15) is 26.3 Å². The average molecular weight is 225 g/mol. The van der Waals surface area contributed by atoms with Crippen LogP contribution in [0.4, 0.5) is 0 Å². The molecule has 2 nitrogen and oxygen atoms in total. The zero-order chi connectivity index (χ0) is 11.5. The Labute approximate surface area is 96.5 Å². The Bertz CT molecular complexity index is 331. The van der Waals surface area contributed by atoms with Crippen molar-refractivity contribution in [2.75, 3.05) is 14.2 Å². The van der Waals surface area contributed by atoms with E-state index >= 15 is 0 Å². The molecule has 0 heterocycles. The summed E-state index contributed by atoms with van der Waals surface area (Å²) in [4.78, 5) is 1.13. The number of hydrogen-bond donors (Lipinski definition) is 1. The van der Waals surface area contributed by atoms with E-state index in [-0.39, 0.29) is 5.41 Å². The van der Waals surface area contributed by atoms with Gasteiger partial charge in [0.2, 0.25) is 0 Å². The number of benzene rings is 1. The van der Waals surface area contributed by atoms with Gasteiger partial charge in [0, 0.05) is 0 Å². The highest BCUT2D eigenvalue weighted by Gasteiger charge is 2.15. The molecular weight excluding hydrogens is 206 g/mol. The van der Waals surface area contributed by atoms with Crippen LogP contribution in [0.25, 0.3) is 0 Å². The monoisotopic (exact) mass is 225 g/mol. The lowest BCUT2D eigenvalue weighted by atomic mass is 9.87. The number of methoxy groups -OCH3 is 1. The first kappa shape index (κ1) is 12.4. The van der Waals surface area contributed by atoms with Crippen LogP contribution in [0.3, 0.4) is 0 Å². The molecule has 0 atom stereocenters. The van der Waals surface area contributed by atoms with Gasteiger partial charge < -0.3 is 4.74 Å². The van der Waals surface area contributed by atoms with E-state index in [1.54, 1.807) is 19.1 Å². The van der Waals surface area contributed by atoms with Crippen molar-refractivity contribution in [3.05, 3.63) is 23.8 Å². The molecule has 1 N–H and O–H groups in total. The zero-order valence-corrected chi connectivity index (χ0v) is 10.9. The van der Waals surface area contributed by atoms with Gasteiger partial charge in [0.05, 0.1) is 12.0 Å². The number of ether oxygens (including phenoxy) is 1. The second-order valence-corrected chi connectivity index (χ2v) is 5.47. The lowest BCUT2D eigenvalue weighted by molar-refractivity contribution is 0.404. The molecule has 0 saturated heterocycles. The quantitative estimate of drug-likeness (QED) is 0.798. The van der Waals surface area contributed by atoms with E-state index in [1.165, 1.54) is 5.56 Å². The van der Waals surface area contributed by atoms with Crippen LogP contribution in [0, 0.1) is 0 Å². The van der Waals surface area contributed by atoms with Crippen LogP contribution in [0.15, 0.2) is 23.1 Å². The maximum atomic E-state index is 5.30. The third kappa shape index (κ3) is 3.14. The van der Waals surface area contributed by atoms with E-state index in [0.717, 1.165) is 10.6 Å². The number of rotatable bonds is 3. The van der Waals surface area contributed by atoms with Gasteiger partial charge in [-0.1, -0.05) is 26.8 Å². The highest BCUT2D eigenvalue weighted by atomic mass is 32.2. The zero-order valence-electron chi connectivity index (χ0n) is 10.0. The summed E-state index contributed by atoms with van der Waals surface area (Å²) in [5.41, 5.74) is 1.50. The lowest BCUT2D eigenvalue weighted by Crippen LogP contribution is -2.11. The Morgan fingerprint density at radius 3 is 2.40 bits per heavy atom. The molecular formula is C12H19NOS. The van der Waals surface area contributed by atoms with Crippen molar-refractivity contribution in [1.82, 2.24) is 4.72 Å². The van der Waals surface area contributed by atoms with E-state index in [0.29, 0.717) is 0 Å². The van der Waals surface area contributed by atoms with Gasteiger partial charge in [0.15, 0.2) is 0 Å². The first-order valence-corrected chi connectivity index (χ1v) is 5.83. The number of hydrogen-bond acceptors (Lipinski definition) is 3. The van der Waals surface area contributed by atoms with E-state index in [2.05, 4.69) is 37.6 Å². The third-order valence-corrected chi connectivity index (χ3v) is 2.98. The molecule has 0 fully saturated rings. The molecule has 1 rings (SSSR count). The molecule has 0 bridgehead atoms. The Morgan fingerprint density at radius 2 is 1.93 bits per heavy atom. The predicted molar refractivity (Wildman–Crippen MR) is 66.6 cm³/mol. The van der Waals surface area contributed by atoms with E-state index in [9.17, 15) is 0 Å². The van der Waals surface area contributed by atoms with Crippen LogP contribution in [0.2, 0.25) is 0 Å². The second kappa shape index (κ2) is 4.90. The summed E-state index contributed by atoms with van der Waals surface area (Å²) >= 11 is 1.58. The first-order chi connectivity index (χ1) is 6.99. The maximum Gasteiger partial charge on any atom is 0.133 e. The molecule has 0 aliphatic carbocycles. The molecule has 0 amide bonds. The fourth-order valence-corrected chi connectivity index (χ4v) is 1.99. The van der Waals surface area contributed by atoms with Crippen molar-refractivity contribution in [2.24, 2.45) is 0 Å². The SMILES string of the molecule is CNSc1cc(C(C)(C)C)ccc1OC. The summed E-state index contributed by atoms with van der Waals surface area (Å²) in [6, 6.07) is 6.33. The summed E-state index contributed by atoms with van der Waals surface area (Å²) in [7, 11) is 3.61. The summed E-state index contributed by atoms with van der Waals surface area (Å²) in [5.74, 6) is 0.919. The molecule has 84 valence electrons. The lowest BCUT2D eigenvalue weighted by Gasteiger charge is -2.20. The summed E-state index contributed by atoms with van der Waals surface area (Å²) in [6.45, 7) is 6.63. The van der Waals surface area contributed by atoms with Crippen molar-refractivity contribution < 1.29 is 4.74 Å². The Hall–Kier alpha value is -0.670. The van der Waals surface area contributed by atoms with Gasteiger partial charge in [0.1, 0.15) is 5.75 Å². The minimum absolute atomic E-state index is 0.176. The topological polar surface area (TPSA) is 21.3 Å². The fourth-order valence-electron chi connectivity index (χ4n) is 1.33. The molecule has 0 saturated carbocycles. The van der Waals surface area contributed by atoms with Gasteiger partial charge in [-0.15, -0.1) is 0 Å². The largest absolute Gasteiger partial charge is 0.496 e. The van der Waals surface area contributed by atoms with Gasteiger partial charge in [-0.05, 0) is 42.1 Å². The maximum absolute atomic E-state index is 5.30. The Morgan fingerprint density at radius 1 is 1.27 bits per heavy atom. The van der Waals surface area contributed by atoms with Gasteiger partial charge >= 0.3 is 0 Å². The van der Waals surface area contributed by atoms with Crippen LogP contribution in [-0.2, 0) is 5.41 Å². The summed E-state index contributed by atoms with van der Waals surface area (Å²) in [5, 5.41) is 0. The molecule has 1 aromatic carbocycles. The Balaban J connectivity index is 3.10. The molecule has 0 aliphatic heterocycles. The standard InChI is InChI=1S/C12H19NOS/c1-12(2,3)9-6-7-10(14-5)11(8-9)15-13-4/h6-8,13H,1-5H3. The van der Waals surface area contributed by atoms with Crippen LogP contribution in [0.5, 0.6) is 5.75 Å². The molecule has 15 heavy (non-hydrogen) atoms. The minimum Gasteiger partial charge on any atom is -0.496 e. The van der Waals surface area contributed by atoms with E-state index in [4.69, 9.17) is 4.74 Å². The van der Waals surface area contributed by atoms with Gasteiger partial charge in [-0.3, -0.25) is 4.72 Å². The average Bonchev–Trinajstić information content (AvgIpc) is 2.17. The predicted octanol–water partition coefficient (Wildman–Crippen LogP) is 3.22. The summed E-state index contributed by atoms with van der Waals surface area (Å²) < 4.78 is 8.38. The van der Waals surface area contributed by atoms with Gasteiger partial charge in [0.25, 0.3) is 0 Å². The van der Waals surface area contributed by atoms with Crippen molar-refractivity contribution in [3.8, 4) is 5.75 Å². The van der Waals surface area contributed by atoms with Crippen molar-refractivity contribution >= 4 is 11.9 Å². The van der Waals surface area contributed by atoms with Gasteiger partial charge in [-0.25, -0.2) is 0 Å². The molecule has 0 aliphatic rings. The smallest absolute Gasteiger partial charge is 0.133 e. The van der Waals surface area contributed by atoms with E-state index in [1.807, 2.05) is 13.1 Å². The minimum atomic E-state index is 0.176. The molecule has 0 radical (unpaired) electrons. The van der Waals surface area contributed by atoms with E-state index < -0.39 is 0 Å². The molecule has 3 heteroatoms. The third-order valence-electron chi connectivity index (χ3n) is 2.24. The van der Waals surface area contributed by atoms with Crippen LogP contribution >= 0.6 is 11.9 Å². The van der Waals surface area contributed by atoms with Crippen molar-refractivity contribution in [2.45, 2.75) is 31.1 Å².